The van der Waals surface area contributed by atoms with Crippen molar-refractivity contribution in [3.8, 4) is 12.3 Å². The van der Waals surface area contributed by atoms with Gasteiger partial charge in [-0.15, -0.1) is 6.42 Å². The van der Waals surface area contributed by atoms with Gasteiger partial charge in [-0.25, -0.2) is 14.2 Å². The molecule has 0 saturated carbocycles. The van der Waals surface area contributed by atoms with Gasteiger partial charge in [0.2, 0.25) is 5.95 Å². The summed E-state index contributed by atoms with van der Waals surface area (Å²) in [7, 11) is 1.81. The molecule has 9 heteroatoms. The summed E-state index contributed by atoms with van der Waals surface area (Å²) in [5, 5.41) is 8.58. The van der Waals surface area contributed by atoms with Gasteiger partial charge in [-0.1, -0.05) is 47.9 Å². The van der Waals surface area contributed by atoms with Crippen molar-refractivity contribution in [2.75, 3.05) is 5.32 Å². The highest BCUT2D eigenvalue weighted by molar-refractivity contribution is 6.34. The number of terminal acetylenes is 1. The Hall–Kier alpha value is -3.83. The van der Waals surface area contributed by atoms with E-state index in [0.29, 0.717) is 10.7 Å². The molecular weight excluding hydrogens is 404 g/mol. The molecule has 0 bridgehead atoms. The molecule has 2 aromatic heterocycles. The molecule has 1 N–H and O–H groups in total. The lowest BCUT2D eigenvalue weighted by Crippen LogP contribution is -2.42. The standard InChI is InChI=1S/C21H17ClN6O2/c1-3-9-27-20(29)24-19(28(21(27)30)12-14-7-5-4-6-8-14)23-18-10-15-13-26(2)25-17(15)11-16(18)22/h1,4-8,10-11,13H,9,12H2,2H3,(H,23,24,29). The molecule has 0 aliphatic rings. The van der Waals surface area contributed by atoms with Crippen LogP contribution in [0, 0.1) is 12.3 Å². The van der Waals surface area contributed by atoms with Crippen LogP contribution in [0.2, 0.25) is 5.02 Å². The molecule has 8 nitrogen and oxygen atoms in total. The van der Waals surface area contributed by atoms with Crippen molar-refractivity contribution < 1.29 is 0 Å². The zero-order valence-corrected chi connectivity index (χ0v) is 16.8. The van der Waals surface area contributed by atoms with Crippen molar-refractivity contribution in [1.29, 1.82) is 0 Å². The number of aryl methyl sites for hydroxylation is 1. The van der Waals surface area contributed by atoms with Crippen LogP contribution >= 0.6 is 11.6 Å². The maximum atomic E-state index is 13.0. The Kier molecular flexibility index (Phi) is 5.12. The van der Waals surface area contributed by atoms with E-state index in [1.165, 1.54) is 4.57 Å². The number of anilines is 2. The Morgan fingerprint density at radius 2 is 1.93 bits per heavy atom. The number of hydrogen-bond donors (Lipinski definition) is 1. The van der Waals surface area contributed by atoms with E-state index in [9.17, 15) is 9.59 Å². The van der Waals surface area contributed by atoms with Crippen LogP contribution in [0.4, 0.5) is 11.6 Å². The Morgan fingerprint density at radius 3 is 2.67 bits per heavy atom. The lowest BCUT2D eigenvalue weighted by Gasteiger charge is -2.15. The Balaban J connectivity index is 1.84. The summed E-state index contributed by atoms with van der Waals surface area (Å²) in [5.41, 5.74) is 0.803. The minimum Gasteiger partial charge on any atom is -0.324 e. The Labute approximate surface area is 176 Å². The first-order valence-electron chi connectivity index (χ1n) is 9.05. The summed E-state index contributed by atoms with van der Waals surface area (Å²) in [6.07, 6.45) is 7.15. The maximum Gasteiger partial charge on any atom is 0.355 e. The average Bonchev–Trinajstić information content (AvgIpc) is 3.08. The van der Waals surface area contributed by atoms with Crippen LogP contribution < -0.4 is 16.7 Å². The molecule has 2 aromatic carbocycles. The van der Waals surface area contributed by atoms with Crippen LogP contribution in [0.1, 0.15) is 5.56 Å². The number of aromatic nitrogens is 5. The van der Waals surface area contributed by atoms with Crippen molar-refractivity contribution in [2.24, 2.45) is 7.05 Å². The van der Waals surface area contributed by atoms with E-state index in [-0.39, 0.29) is 19.0 Å². The van der Waals surface area contributed by atoms with Gasteiger partial charge in [-0.3, -0.25) is 9.25 Å². The fourth-order valence-corrected chi connectivity index (χ4v) is 3.35. The summed E-state index contributed by atoms with van der Waals surface area (Å²) in [6, 6.07) is 12.9. The van der Waals surface area contributed by atoms with E-state index in [0.717, 1.165) is 21.0 Å². The van der Waals surface area contributed by atoms with Gasteiger partial charge in [0.25, 0.3) is 0 Å². The number of hydrogen-bond acceptors (Lipinski definition) is 5. The van der Waals surface area contributed by atoms with Gasteiger partial charge in [0, 0.05) is 18.6 Å². The molecule has 150 valence electrons. The van der Waals surface area contributed by atoms with Gasteiger partial charge >= 0.3 is 11.4 Å². The van der Waals surface area contributed by atoms with Crippen LogP contribution in [0.3, 0.4) is 0 Å². The second-order valence-corrected chi connectivity index (χ2v) is 7.09. The molecule has 0 unspecified atom stereocenters. The molecule has 30 heavy (non-hydrogen) atoms. The van der Waals surface area contributed by atoms with Crippen LogP contribution in [0.25, 0.3) is 10.9 Å². The average molecular weight is 421 g/mol. The minimum atomic E-state index is -0.733. The largest absolute Gasteiger partial charge is 0.355 e. The third-order valence-electron chi connectivity index (χ3n) is 4.54. The van der Waals surface area contributed by atoms with Gasteiger partial charge in [0.05, 0.1) is 29.3 Å². The van der Waals surface area contributed by atoms with Crippen LogP contribution in [-0.2, 0) is 20.1 Å². The van der Waals surface area contributed by atoms with Crippen LogP contribution in [0.15, 0.2) is 58.3 Å². The number of halogens is 1. The molecule has 0 aliphatic carbocycles. The number of benzene rings is 2. The van der Waals surface area contributed by atoms with Gasteiger partial charge < -0.3 is 5.32 Å². The van der Waals surface area contributed by atoms with E-state index in [2.05, 4.69) is 21.3 Å². The number of nitrogens with zero attached hydrogens (tertiary/aromatic N) is 5. The molecule has 0 amide bonds. The molecule has 0 spiro atoms. The molecule has 0 aliphatic heterocycles. The lowest BCUT2D eigenvalue weighted by molar-refractivity contribution is 0.601. The van der Waals surface area contributed by atoms with Crippen LogP contribution in [0.5, 0.6) is 0 Å². The van der Waals surface area contributed by atoms with E-state index >= 15 is 0 Å². The minimum absolute atomic E-state index is 0.0762. The second kappa shape index (κ2) is 7.89. The zero-order valence-electron chi connectivity index (χ0n) is 16.0. The number of nitrogens with one attached hydrogen (secondary N) is 1. The Morgan fingerprint density at radius 1 is 1.17 bits per heavy atom. The van der Waals surface area contributed by atoms with Gasteiger partial charge in [0.1, 0.15) is 0 Å². The molecule has 0 fully saturated rings. The van der Waals surface area contributed by atoms with Crippen molar-refractivity contribution in [1.82, 2.24) is 23.9 Å². The molecular formula is C21H17ClN6O2. The molecule has 2 heterocycles. The summed E-state index contributed by atoms with van der Waals surface area (Å²) < 4.78 is 3.95. The highest BCUT2D eigenvalue weighted by Crippen LogP contribution is 2.29. The number of fused-ring (bicyclic) bond motifs is 1. The number of rotatable bonds is 5. The first kappa shape index (κ1) is 19.5. The van der Waals surface area contributed by atoms with Gasteiger partial charge in [-0.05, 0) is 17.7 Å². The summed E-state index contributed by atoms with van der Waals surface area (Å²) in [5.74, 6) is 2.39. The van der Waals surface area contributed by atoms with Gasteiger partial charge in [0.15, 0.2) is 0 Å². The third-order valence-corrected chi connectivity index (χ3v) is 4.85. The maximum absolute atomic E-state index is 13.0. The molecule has 0 radical (unpaired) electrons. The van der Waals surface area contributed by atoms with Crippen molar-refractivity contribution in [3.05, 3.63) is 80.2 Å². The summed E-state index contributed by atoms with van der Waals surface area (Å²) >= 11 is 6.40. The fraction of sp³-hybridized carbons (Fsp3) is 0.143. The van der Waals surface area contributed by atoms with Crippen LogP contribution in [-0.4, -0.2) is 23.9 Å². The van der Waals surface area contributed by atoms with Crippen molar-refractivity contribution in [3.63, 3.8) is 0 Å². The van der Waals surface area contributed by atoms with E-state index in [4.69, 9.17) is 18.0 Å². The third kappa shape index (κ3) is 3.71. The molecule has 4 aromatic rings. The zero-order chi connectivity index (χ0) is 21.3. The first-order valence-corrected chi connectivity index (χ1v) is 9.43. The van der Waals surface area contributed by atoms with Gasteiger partial charge in [-0.2, -0.15) is 10.1 Å². The monoisotopic (exact) mass is 420 g/mol. The smallest absolute Gasteiger partial charge is 0.324 e. The Bertz CT molecular complexity index is 1400. The quantitative estimate of drug-likeness (QED) is 0.501. The highest BCUT2D eigenvalue weighted by Gasteiger charge is 2.15. The fourth-order valence-electron chi connectivity index (χ4n) is 3.15. The highest BCUT2D eigenvalue weighted by atomic mass is 35.5. The van der Waals surface area contributed by atoms with Crippen molar-refractivity contribution >= 4 is 34.1 Å². The molecule has 4 rings (SSSR count). The summed E-state index contributed by atoms with van der Waals surface area (Å²) in [4.78, 5) is 29.5. The normalized spacial score (nSPS) is 10.8. The van der Waals surface area contributed by atoms with E-state index in [1.54, 1.807) is 16.8 Å². The second-order valence-electron chi connectivity index (χ2n) is 6.68. The van der Waals surface area contributed by atoms with E-state index in [1.807, 2.05) is 43.6 Å². The van der Waals surface area contributed by atoms with Crippen molar-refractivity contribution in [2.45, 2.75) is 13.1 Å². The summed E-state index contributed by atoms with van der Waals surface area (Å²) in [6.45, 7) is 0.0365. The van der Waals surface area contributed by atoms with E-state index < -0.39 is 11.4 Å². The predicted molar refractivity (Wildman–Crippen MR) is 116 cm³/mol. The topological polar surface area (TPSA) is 86.7 Å². The lowest BCUT2D eigenvalue weighted by atomic mass is 10.2. The predicted octanol–water partition coefficient (Wildman–Crippen LogP) is 2.37. The molecule has 0 atom stereocenters. The molecule has 0 saturated heterocycles. The SMILES string of the molecule is C#CCn1c(=O)nc(Nc2cc3cn(C)nc3cc2Cl)n(Cc2ccccc2)c1=O. The first-order chi connectivity index (χ1) is 14.5.